The Labute approximate surface area is 153 Å². The third kappa shape index (κ3) is 4.60. The van der Waals surface area contributed by atoms with Gasteiger partial charge in [0.05, 0.1) is 13.3 Å². The molecule has 0 fully saturated rings. The van der Waals surface area contributed by atoms with Crippen molar-refractivity contribution in [1.82, 2.24) is 15.2 Å². The van der Waals surface area contributed by atoms with Crippen LogP contribution in [0.25, 0.3) is 0 Å². The first-order chi connectivity index (χ1) is 12.6. The highest BCUT2D eigenvalue weighted by Gasteiger charge is 2.03. The molecule has 7 heteroatoms. The molecule has 0 radical (unpaired) electrons. The maximum Gasteiger partial charge on any atom is 0.244 e. The quantitative estimate of drug-likeness (QED) is 0.677. The van der Waals surface area contributed by atoms with Crippen LogP contribution in [0.3, 0.4) is 0 Å². The van der Waals surface area contributed by atoms with Crippen molar-refractivity contribution in [1.29, 1.82) is 0 Å². The lowest BCUT2D eigenvalue weighted by molar-refractivity contribution is 0.414. The van der Waals surface area contributed by atoms with Crippen LogP contribution in [0.1, 0.15) is 5.56 Å². The van der Waals surface area contributed by atoms with E-state index >= 15 is 0 Å². The summed E-state index contributed by atoms with van der Waals surface area (Å²) in [6.07, 6.45) is 1.60. The molecule has 0 spiro atoms. The molecule has 1 aromatic heterocycles. The fourth-order valence-electron chi connectivity index (χ4n) is 2.35. The summed E-state index contributed by atoms with van der Waals surface area (Å²) >= 11 is 0. The Morgan fingerprint density at radius 1 is 1.00 bits per heavy atom. The minimum absolute atomic E-state index is 0.468. The second-order valence-corrected chi connectivity index (χ2v) is 5.93. The van der Waals surface area contributed by atoms with E-state index in [1.54, 1.807) is 13.3 Å². The van der Waals surface area contributed by atoms with Gasteiger partial charge < -0.3 is 20.3 Å². The van der Waals surface area contributed by atoms with E-state index in [9.17, 15) is 0 Å². The van der Waals surface area contributed by atoms with Gasteiger partial charge in [0.15, 0.2) is 5.82 Å². The van der Waals surface area contributed by atoms with E-state index in [-0.39, 0.29) is 0 Å². The van der Waals surface area contributed by atoms with Crippen LogP contribution in [0, 0.1) is 0 Å². The van der Waals surface area contributed by atoms with Crippen LogP contribution in [0.2, 0.25) is 0 Å². The second kappa shape index (κ2) is 8.15. The predicted molar refractivity (Wildman–Crippen MR) is 104 cm³/mol. The van der Waals surface area contributed by atoms with Gasteiger partial charge in [0.25, 0.3) is 0 Å². The smallest absolute Gasteiger partial charge is 0.244 e. The molecule has 0 bridgehead atoms. The van der Waals surface area contributed by atoms with Crippen LogP contribution < -0.4 is 20.3 Å². The first kappa shape index (κ1) is 17.5. The minimum Gasteiger partial charge on any atom is -0.497 e. The van der Waals surface area contributed by atoms with E-state index in [0.29, 0.717) is 18.3 Å². The van der Waals surface area contributed by atoms with Crippen molar-refractivity contribution in [3.05, 3.63) is 60.3 Å². The van der Waals surface area contributed by atoms with Crippen LogP contribution in [-0.4, -0.2) is 36.4 Å². The molecule has 0 atom stereocenters. The first-order valence-electron chi connectivity index (χ1n) is 8.25. The van der Waals surface area contributed by atoms with Crippen molar-refractivity contribution >= 4 is 23.1 Å². The average molecular weight is 350 g/mol. The Balaban J connectivity index is 1.62. The molecule has 26 heavy (non-hydrogen) atoms. The summed E-state index contributed by atoms with van der Waals surface area (Å²) in [5.41, 5.74) is 3.18. The van der Waals surface area contributed by atoms with Gasteiger partial charge in [-0.1, -0.05) is 12.1 Å². The maximum atomic E-state index is 5.16. The summed E-state index contributed by atoms with van der Waals surface area (Å²) in [5.74, 6) is 1.93. The molecule has 134 valence electrons. The number of methoxy groups -OCH3 is 1. The number of rotatable bonds is 7. The van der Waals surface area contributed by atoms with Gasteiger partial charge >= 0.3 is 0 Å². The third-order valence-electron chi connectivity index (χ3n) is 3.82. The van der Waals surface area contributed by atoms with Gasteiger partial charge in [0, 0.05) is 32.0 Å². The van der Waals surface area contributed by atoms with Gasteiger partial charge in [-0.2, -0.15) is 10.1 Å². The zero-order valence-corrected chi connectivity index (χ0v) is 15.1. The van der Waals surface area contributed by atoms with Gasteiger partial charge in [0.1, 0.15) is 5.75 Å². The molecule has 1 heterocycles. The van der Waals surface area contributed by atoms with Gasteiger partial charge in [-0.25, -0.2) is 0 Å². The van der Waals surface area contributed by atoms with Crippen LogP contribution in [0.4, 0.5) is 23.1 Å². The van der Waals surface area contributed by atoms with Crippen LogP contribution >= 0.6 is 0 Å². The normalized spacial score (nSPS) is 10.3. The third-order valence-corrected chi connectivity index (χ3v) is 3.82. The molecule has 7 nitrogen and oxygen atoms in total. The fraction of sp³-hybridized carbons (Fsp3) is 0.211. The number of nitrogens with zero attached hydrogens (tertiary/aromatic N) is 4. The number of nitrogens with one attached hydrogen (secondary N) is 2. The number of hydrogen-bond acceptors (Lipinski definition) is 7. The summed E-state index contributed by atoms with van der Waals surface area (Å²) in [6, 6.07) is 15.9. The molecular weight excluding hydrogens is 328 g/mol. The Morgan fingerprint density at radius 2 is 1.73 bits per heavy atom. The molecule has 3 aromatic rings. The standard InChI is InChI=1S/C19H22N6O/c1-25(2)16-8-6-15(7-9-16)22-18-13-21-24-19(23-18)20-12-14-4-10-17(26-3)11-5-14/h4-11,13H,12H2,1-3H3,(H2,20,22,23,24). The monoisotopic (exact) mass is 350 g/mol. The van der Waals surface area contributed by atoms with Gasteiger partial charge in [-0.3, -0.25) is 0 Å². The highest BCUT2D eigenvalue weighted by Crippen LogP contribution is 2.19. The minimum atomic E-state index is 0.468. The Bertz CT molecular complexity index is 833. The lowest BCUT2D eigenvalue weighted by Crippen LogP contribution is -2.08. The van der Waals surface area contributed by atoms with Crippen molar-refractivity contribution in [3.63, 3.8) is 0 Å². The summed E-state index contributed by atoms with van der Waals surface area (Å²) in [5, 5.41) is 14.4. The Hall–Kier alpha value is -3.35. The number of aromatic nitrogens is 3. The zero-order chi connectivity index (χ0) is 18.4. The van der Waals surface area contributed by atoms with Crippen LogP contribution in [0.5, 0.6) is 5.75 Å². The number of anilines is 4. The largest absolute Gasteiger partial charge is 0.497 e. The number of benzene rings is 2. The molecule has 0 saturated heterocycles. The lowest BCUT2D eigenvalue weighted by Gasteiger charge is -2.13. The molecule has 0 amide bonds. The highest BCUT2D eigenvalue weighted by atomic mass is 16.5. The van der Waals surface area contributed by atoms with E-state index in [2.05, 4.69) is 30.7 Å². The van der Waals surface area contributed by atoms with Crippen molar-refractivity contribution in [3.8, 4) is 5.75 Å². The van der Waals surface area contributed by atoms with Crippen molar-refractivity contribution in [2.45, 2.75) is 6.54 Å². The van der Waals surface area contributed by atoms with Crippen molar-refractivity contribution < 1.29 is 4.74 Å². The SMILES string of the molecule is COc1ccc(CNc2nncc(Nc3ccc(N(C)C)cc3)n2)cc1. The molecule has 0 aliphatic rings. The van der Waals surface area contributed by atoms with Gasteiger partial charge in [-0.05, 0) is 42.0 Å². The summed E-state index contributed by atoms with van der Waals surface area (Å²) < 4.78 is 5.16. The molecule has 2 N–H and O–H groups in total. The van der Waals surface area contributed by atoms with E-state index < -0.39 is 0 Å². The molecular formula is C19H22N6O. The first-order valence-corrected chi connectivity index (χ1v) is 8.25. The maximum absolute atomic E-state index is 5.16. The van der Waals surface area contributed by atoms with Crippen LogP contribution in [0.15, 0.2) is 54.7 Å². The molecule has 0 aliphatic heterocycles. The predicted octanol–water partition coefficient (Wildman–Crippen LogP) is 3.30. The summed E-state index contributed by atoms with van der Waals surface area (Å²) in [7, 11) is 5.67. The van der Waals surface area contributed by atoms with E-state index in [1.165, 1.54) is 0 Å². The van der Waals surface area contributed by atoms with Crippen molar-refractivity contribution in [2.24, 2.45) is 0 Å². The Kier molecular flexibility index (Phi) is 5.48. The van der Waals surface area contributed by atoms with E-state index in [4.69, 9.17) is 4.74 Å². The topological polar surface area (TPSA) is 75.2 Å². The molecule has 0 saturated carbocycles. The molecule has 3 rings (SSSR count). The fourth-order valence-corrected chi connectivity index (χ4v) is 2.35. The molecule has 2 aromatic carbocycles. The molecule has 0 unspecified atom stereocenters. The lowest BCUT2D eigenvalue weighted by atomic mass is 10.2. The Morgan fingerprint density at radius 3 is 2.38 bits per heavy atom. The van der Waals surface area contributed by atoms with Gasteiger partial charge in [-0.15, -0.1) is 5.10 Å². The van der Waals surface area contributed by atoms with Crippen molar-refractivity contribution in [2.75, 3.05) is 36.7 Å². The van der Waals surface area contributed by atoms with E-state index in [1.807, 2.05) is 62.6 Å². The van der Waals surface area contributed by atoms with E-state index in [0.717, 1.165) is 22.7 Å². The summed E-state index contributed by atoms with van der Waals surface area (Å²) in [6.45, 7) is 0.604. The zero-order valence-electron chi connectivity index (χ0n) is 15.1. The average Bonchev–Trinajstić information content (AvgIpc) is 2.67. The second-order valence-electron chi connectivity index (χ2n) is 5.93. The highest BCUT2D eigenvalue weighted by molar-refractivity contribution is 5.60. The van der Waals surface area contributed by atoms with Gasteiger partial charge in [0.2, 0.25) is 5.95 Å². The number of ether oxygens (including phenoxy) is 1. The molecule has 0 aliphatic carbocycles. The number of hydrogen-bond donors (Lipinski definition) is 2. The summed E-state index contributed by atoms with van der Waals surface area (Å²) in [4.78, 5) is 6.50. The van der Waals surface area contributed by atoms with Crippen LogP contribution in [-0.2, 0) is 6.54 Å².